The Kier molecular flexibility index (Phi) is 11.3. The number of likely N-dealkylation sites (N-methyl/N-ethyl adjacent to an activating group) is 1. The number of nitrogens with zero attached hydrogens (tertiary/aromatic N) is 1. The fourth-order valence-electron chi connectivity index (χ4n) is 4.24. The lowest BCUT2D eigenvalue weighted by Crippen LogP contribution is -2.53. The van der Waals surface area contributed by atoms with Crippen LogP contribution in [-0.2, 0) is 27.3 Å². The number of aryl methyl sites for hydroxylation is 1. The first-order valence-corrected chi connectivity index (χ1v) is 12.9. The number of nitrogens with one attached hydrogen (secondary N) is 3. The third-order valence-corrected chi connectivity index (χ3v) is 6.38. The van der Waals surface area contributed by atoms with Crippen LogP contribution in [0.2, 0.25) is 0 Å². The number of amides is 3. The summed E-state index contributed by atoms with van der Waals surface area (Å²) in [5.74, 6) is -0.944. The average molecular weight is 523 g/mol. The van der Waals surface area contributed by atoms with Crippen LogP contribution in [0.5, 0.6) is 0 Å². The Labute approximate surface area is 223 Å². The van der Waals surface area contributed by atoms with Crippen molar-refractivity contribution < 1.29 is 18.8 Å². The molecule has 3 rings (SSSR count). The molecular formula is C28H38N6O4. The summed E-state index contributed by atoms with van der Waals surface area (Å²) in [7, 11) is 1.61. The second-order valence-corrected chi connectivity index (χ2v) is 9.10. The summed E-state index contributed by atoms with van der Waals surface area (Å²) in [5, 5.41) is 9.65. The smallest absolute Gasteiger partial charge is 0.242 e. The summed E-state index contributed by atoms with van der Waals surface area (Å²) in [4.78, 5) is 40.7. The maximum absolute atomic E-state index is 13.2. The molecule has 1 aromatic heterocycles. The summed E-state index contributed by atoms with van der Waals surface area (Å²) in [6, 6.07) is 15.7. The Bertz CT molecular complexity index is 1180. The van der Waals surface area contributed by atoms with Crippen LogP contribution in [0, 0.1) is 0 Å². The number of hydrogen-bond donors (Lipinski definition) is 5. The van der Waals surface area contributed by atoms with Gasteiger partial charge in [0.25, 0.3) is 0 Å². The van der Waals surface area contributed by atoms with Crippen LogP contribution in [0.1, 0.15) is 24.0 Å². The van der Waals surface area contributed by atoms with Crippen LogP contribution in [0.4, 0.5) is 0 Å². The van der Waals surface area contributed by atoms with Gasteiger partial charge in [0.2, 0.25) is 17.7 Å². The van der Waals surface area contributed by atoms with Crippen molar-refractivity contribution >= 4 is 28.7 Å². The van der Waals surface area contributed by atoms with Crippen molar-refractivity contribution in [3.05, 3.63) is 72.0 Å². The lowest BCUT2D eigenvalue weighted by Gasteiger charge is -2.25. The van der Waals surface area contributed by atoms with Gasteiger partial charge in [-0.15, -0.1) is 0 Å². The zero-order valence-electron chi connectivity index (χ0n) is 21.8. The Morgan fingerprint density at radius 2 is 1.66 bits per heavy atom. The van der Waals surface area contributed by atoms with E-state index in [1.54, 1.807) is 18.2 Å². The number of carbonyl (C=O) groups excluding carboxylic acids is 3. The van der Waals surface area contributed by atoms with E-state index in [4.69, 9.17) is 15.9 Å². The second kappa shape index (κ2) is 14.9. The van der Waals surface area contributed by atoms with Crippen LogP contribution < -0.4 is 27.4 Å². The normalized spacial score (nSPS) is 12.6. The van der Waals surface area contributed by atoms with E-state index in [-0.39, 0.29) is 18.2 Å². The number of fused-ring (bicyclic) bond motifs is 1. The van der Waals surface area contributed by atoms with Crippen LogP contribution in [0.25, 0.3) is 11.0 Å². The van der Waals surface area contributed by atoms with Crippen LogP contribution in [-0.4, -0.2) is 67.9 Å². The predicted octanol–water partition coefficient (Wildman–Crippen LogP) is 0.891. The number of hydrogen-bond acceptors (Lipinski definition) is 7. The molecule has 2 unspecified atom stereocenters. The molecule has 0 saturated heterocycles. The Hall–Kier alpha value is -3.73. The Balaban J connectivity index is 1.66. The van der Waals surface area contributed by atoms with Gasteiger partial charge >= 0.3 is 0 Å². The maximum Gasteiger partial charge on any atom is 0.242 e. The van der Waals surface area contributed by atoms with E-state index in [9.17, 15) is 14.4 Å². The van der Waals surface area contributed by atoms with Crippen LogP contribution >= 0.6 is 0 Å². The minimum atomic E-state index is -0.809. The molecule has 0 fully saturated rings. The molecule has 10 nitrogen and oxygen atoms in total. The molecular weight excluding hydrogens is 484 g/mol. The number of carbonyl (C=O) groups is 3. The van der Waals surface area contributed by atoms with Crippen molar-refractivity contribution in [3.8, 4) is 0 Å². The molecule has 7 N–H and O–H groups in total. The molecule has 204 valence electrons. The Morgan fingerprint density at radius 3 is 2.34 bits per heavy atom. The molecule has 0 bridgehead atoms. The lowest BCUT2D eigenvalue weighted by atomic mass is 10.0. The van der Waals surface area contributed by atoms with Crippen molar-refractivity contribution in [1.29, 1.82) is 0 Å². The van der Waals surface area contributed by atoms with E-state index in [0.717, 1.165) is 22.1 Å². The minimum absolute atomic E-state index is 0.0694. The van der Waals surface area contributed by atoms with E-state index >= 15 is 0 Å². The summed E-state index contributed by atoms with van der Waals surface area (Å²) >= 11 is 0. The highest BCUT2D eigenvalue weighted by Gasteiger charge is 2.27. The molecule has 0 aliphatic rings. The molecule has 0 spiro atoms. The van der Waals surface area contributed by atoms with E-state index in [1.807, 2.05) is 54.6 Å². The van der Waals surface area contributed by atoms with Crippen molar-refractivity contribution in [2.75, 3.05) is 33.2 Å². The standard InChI is InChI=1S/C28H38N6O4/c1-31-24(18-26(35)34(14-12-29)15-13-30)28(37)33-23(9-7-20-5-3-2-4-6-20)27(36)32-19-21-8-10-25-22(17-21)11-16-38-25/h2-6,8,10-11,16-17,23-24,31H,7,9,12-15,18-19,29-30H2,1H3,(H,32,36)(H,33,37). The molecule has 10 heteroatoms. The average Bonchev–Trinajstić information content (AvgIpc) is 3.41. The summed E-state index contributed by atoms with van der Waals surface area (Å²) in [6.45, 7) is 1.63. The first-order chi connectivity index (χ1) is 18.4. The second-order valence-electron chi connectivity index (χ2n) is 9.10. The zero-order valence-corrected chi connectivity index (χ0v) is 21.8. The molecule has 0 aliphatic heterocycles. The summed E-state index contributed by atoms with van der Waals surface area (Å²) < 4.78 is 5.38. The highest BCUT2D eigenvalue weighted by atomic mass is 16.3. The largest absolute Gasteiger partial charge is 0.464 e. The fraction of sp³-hybridized carbons (Fsp3) is 0.393. The number of benzene rings is 2. The number of furan rings is 1. The third kappa shape index (κ3) is 8.41. The molecule has 3 aromatic rings. The molecule has 1 heterocycles. The summed E-state index contributed by atoms with van der Waals surface area (Å²) in [5.41, 5.74) is 14.0. The molecule has 0 radical (unpaired) electrons. The predicted molar refractivity (Wildman–Crippen MR) is 147 cm³/mol. The van der Waals surface area contributed by atoms with Gasteiger partial charge in [-0.2, -0.15) is 0 Å². The van der Waals surface area contributed by atoms with Gasteiger partial charge in [-0.05, 0) is 49.2 Å². The van der Waals surface area contributed by atoms with Gasteiger partial charge in [0.1, 0.15) is 11.6 Å². The quantitative estimate of drug-likeness (QED) is 0.198. The summed E-state index contributed by atoms with van der Waals surface area (Å²) in [6.07, 6.45) is 2.56. The van der Waals surface area contributed by atoms with E-state index in [0.29, 0.717) is 45.6 Å². The molecule has 2 aromatic carbocycles. The van der Waals surface area contributed by atoms with Crippen molar-refractivity contribution in [1.82, 2.24) is 20.9 Å². The molecule has 0 aliphatic carbocycles. The molecule has 3 amide bonds. The minimum Gasteiger partial charge on any atom is -0.464 e. The van der Waals surface area contributed by atoms with Crippen molar-refractivity contribution in [3.63, 3.8) is 0 Å². The maximum atomic E-state index is 13.2. The van der Waals surface area contributed by atoms with Gasteiger partial charge in [-0.1, -0.05) is 36.4 Å². The van der Waals surface area contributed by atoms with Gasteiger partial charge in [0, 0.05) is 38.1 Å². The highest BCUT2D eigenvalue weighted by Crippen LogP contribution is 2.17. The SMILES string of the molecule is CNC(CC(=O)N(CCN)CCN)C(=O)NC(CCc1ccccc1)C(=O)NCc1ccc2occc2c1. The van der Waals surface area contributed by atoms with Gasteiger partial charge in [-0.3, -0.25) is 14.4 Å². The first-order valence-electron chi connectivity index (χ1n) is 12.9. The van der Waals surface area contributed by atoms with Crippen molar-refractivity contribution in [2.45, 2.75) is 37.9 Å². The first kappa shape index (κ1) is 28.8. The lowest BCUT2D eigenvalue weighted by molar-refractivity contribution is -0.135. The van der Waals surface area contributed by atoms with E-state index < -0.39 is 18.0 Å². The van der Waals surface area contributed by atoms with Gasteiger partial charge in [0.15, 0.2) is 0 Å². The molecule has 0 saturated carbocycles. The van der Waals surface area contributed by atoms with Gasteiger partial charge < -0.3 is 36.7 Å². The third-order valence-electron chi connectivity index (χ3n) is 6.38. The zero-order chi connectivity index (χ0) is 27.3. The number of rotatable bonds is 15. The van der Waals surface area contributed by atoms with E-state index in [2.05, 4.69) is 16.0 Å². The number of nitrogens with two attached hydrogens (primary N) is 2. The molecule has 2 atom stereocenters. The van der Waals surface area contributed by atoms with Crippen LogP contribution in [0.15, 0.2) is 65.3 Å². The fourth-order valence-corrected chi connectivity index (χ4v) is 4.24. The molecule has 38 heavy (non-hydrogen) atoms. The van der Waals surface area contributed by atoms with Crippen molar-refractivity contribution in [2.24, 2.45) is 11.5 Å². The monoisotopic (exact) mass is 522 g/mol. The van der Waals surface area contributed by atoms with Gasteiger partial charge in [-0.25, -0.2) is 0 Å². The highest BCUT2D eigenvalue weighted by molar-refractivity contribution is 5.92. The van der Waals surface area contributed by atoms with Crippen LogP contribution in [0.3, 0.4) is 0 Å². The van der Waals surface area contributed by atoms with Gasteiger partial charge in [0.05, 0.1) is 18.7 Å². The van der Waals surface area contributed by atoms with E-state index in [1.165, 1.54) is 0 Å². The topological polar surface area (TPSA) is 156 Å². The Morgan fingerprint density at radius 1 is 0.921 bits per heavy atom.